The van der Waals surface area contributed by atoms with E-state index in [2.05, 4.69) is 5.32 Å². The average molecular weight is 343 g/mol. The van der Waals surface area contributed by atoms with E-state index in [9.17, 15) is 24.6 Å². The van der Waals surface area contributed by atoms with Crippen molar-refractivity contribution in [2.75, 3.05) is 26.4 Å². The summed E-state index contributed by atoms with van der Waals surface area (Å²) in [7, 11) is 3.27. The van der Waals surface area contributed by atoms with Crippen LogP contribution >= 0.6 is 11.8 Å². The first-order chi connectivity index (χ1) is 10.8. The molecule has 23 heavy (non-hydrogen) atoms. The number of hydrogen-bond acceptors (Lipinski definition) is 5. The van der Waals surface area contributed by atoms with Crippen molar-refractivity contribution in [1.29, 1.82) is 0 Å². The monoisotopic (exact) mass is 343 g/mol. The maximum absolute atomic E-state index is 12.0. The Hall–Kier alpha value is -1.74. The largest absolute Gasteiger partial charge is 0.477 e. The molecule has 2 aliphatic heterocycles. The second kappa shape index (κ2) is 6.79. The number of rotatable bonds is 6. The van der Waals surface area contributed by atoms with Gasteiger partial charge in [-0.3, -0.25) is 4.79 Å². The Labute approximate surface area is 138 Å². The van der Waals surface area contributed by atoms with Crippen LogP contribution in [-0.2, 0) is 9.59 Å². The Morgan fingerprint density at radius 2 is 2.13 bits per heavy atom. The fraction of sp³-hybridized carbons (Fsp3) is 0.643. The van der Waals surface area contributed by atoms with Crippen molar-refractivity contribution in [3.05, 3.63) is 10.6 Å². The van der Waals surface area contributed by atoms with Crippen molar-refractivity contribution in [3.8, 4) is 0 Å². The molecule has 2 aliphatic rings. The van der Waals surface area contributed by atoms with Crippen LogP contribution in [0.1, 0.15) is 13.3 Å². The maximum atomic E-state index is 12.0. The normalized spacial score (nSPS) is 24.2. The van der Waals surface area contributed by atoms with Crippen LogP contribution in [0.3, 0.4) is 0 Å². The lowest BCUT2D eigenvalue weighted by molar-refractivity contribution is -0.161. The minimum atomic E-state index is -1.13. The molecule has 0 aliphatic carbocycles. The first-order valence-corrected chi connectivity index (χ1v) is 8.29. The highest BCUT2D eigenvalue weighted by atomic mass is 32.2. The fourth-order valence-corrected chi connectivity index (χ4v) is 3.91. The lowest BCUT2D eigenvalue weighted by atomic mass is 9.83. The molecule has 0 unspecified atom stereocenters. The zero-order valence-electron chi connectivity index (χ0n) is 13.3. The van der Waals surface area contributed by atoms with E-state index in [4.69, 9.17) is 0 Å². The van der Waals surface area contributed by atoms with Crippen LogP contribution in [0.15, 0.2) is 10.6 Å². The third-order valence-electron chi connectivity index (χ3n) is 3.95. The van der Waals surface area contributed by atoms with Crippen LogP contribution in [0.25, 0.3) is 0 Å². The highest BCUT2D eigenvalue weighted by Gasteiger charge is 2.56. The van der Waals surface area contributed by atoms with E-state index >= 15 is 0 Å². The number of carbonyl (C=O) groups is 3. The highest BCUT2D eigenvalue weighted by molar-refractivity contribution is 8.03. The number of urea groups is 1. The van der Waals surface area contributed by atoms with Crippen molar-refractivity contribution >= 4 is 29.7 Å². The smallest absolute Gasteiger partial charge is 0.353 e. The lowest BCUT2D eigenvalue weighted by Gasteiger charge is -2.44. The molecule has 9 heteroatoms. The number of nitrogens with one attached hydrogen (secondary N) is 1. The summed E-state index contributed by atoms with van der Waals surface area (Å²) in [6.45, 7) is 1.94. The Morgan fingerprint density at radius 3 is 2.65 bits per heavy atom. The molecule has 0 spiro atoms. The average Bonchev–Trinajstić information content (AvgIpc) is 2.77. The molecule has 0 aromatic rings. The summed E-state index contributed by atoms with van der Waals surface area (Å²) in [6.07, 6.45) is -0.350. The molecule has 1 saturated heterocycles. The quantitative estimate of drug-likeness (QED) is 0.459. The van der Waals surface area contributed by atoms with Gasteiger partial charge in [0.05, 0.1) is 18.1 Å². The van der Waals surface area contributed by atoms with Crippen LogP contribution in [0, 0.1) is 5.92 Å². The van der Waals surface area contributed by atoms with Crippen LogP contribution in [0.4, 0.5) is 4.79 Å². The predicted octanol–water partition coefficient (Wildman–Crippen LogP) is -0.101. The number of carboxylic acids is 1. The first-order valence-electron chi connectivity index (χ1n) is 7.31. The second-order valence-electron chi connectivity index (χ2n) is 5.80. The van der Waals surface area contributed by atoms with Gasteiger partial charge in [0.25, 0.3) is 0 Å². The van der Waals surface area contributed by atoms with Crippen molar-refractivity contribution in [2.24, 2.45) is 5.92 Å². The summed E-state index contributed by atoms with van der Waals surface area (Å²) in [5.74, 6) is -1.49. The molecule has 128 valence electrons. The standard InChI is InChI=1S/C14H21N3O5S/c1-7(18)10-8-6-9(11(13(20)21)17(8)12(10)19)23-5-4-15-14(22)16(2)3/h7-8,10,18H,4-6H2,1-3H3,(H,15,22)(H,20,21)/t7-,8+,10+/m0/s1. The molecule has 0 bridgehead atoms. The van der Waals surface area contributed by atoms with Gasteiger partial charge in [-0.25, -0.2) is 9.59 Å². The summed E-state index contributed by atoms with van der Waals surface area (Å²) in [4.78, 5) is 38.2. The number of aliphatic hydroxyl groups excluding tert-OH is 1. The number of amides is 3. The third-order valence-corrected chi connectivity index (χ3v) is 5.07. The fourth-order valence-electron chi connectivity index (χ4n) is 2.85. The van der Waals surface area contributed by atoms with Gasteiger partial charge in [0.15, 0.2) is 0 Å². The van der Waals surface area contributed by atoms with Crippen LogP contribution in [-0.4, -0.2) is 76.5 Å². The second-order valence-corrected chi connectivity index (χ2v) is 6.99. The van der Waals surface area contributed by atoms with Gasteiger partial charge in [0.1, 0.15) is 5.70 Å². The zero-order chi connectivity index (χ0) is 17.3. The number of hydrogen-bond donors (Lipinski definition) is 3. The summed E-state index contributed by atoms with van der Waals surface area (Å²) < 4.78 is 0. The number of carbonyl (C=O) groups excluding carboxylic acids is 2. The van der Waals surface area contributed by atoms with E-state index in [0.717, 1.165) is 0 Å². The van der Waals surface area contributed by atoms with Gasteiger partial charge in [-0.05, 0) is 6.92 Å². The van der Waals surface area contributed by atoms with E-state index in [1.807, 2.05) is 0 Å². The van der Waals surface area contributed by atoms with Gasteiger partial charge in [-0.2, -0.15) is 0 Å². The van der Waals surface area contributed by atoms with Crippen molar-refractivity contribution < 1.29 is 24.6 Å². The predicted molar refractivity (Wildman–Crippen MR) is 84.6 cm³/mol. The molecular weight excluding hydrogens is 322 g/mol. The van der Waals surface area contributed by atoms with E-state index < -0.39 is 18.0 Å². The van der Waals surface area contributed by atoms with E-state index in [-0.39, 0.29) is 23.7 Å². The number of fused-ring (bicyclic) bond motifs is 1. The molecule has 3 amide bonds. The zero-order valence-corrected chi connectivity index (χ0v) is 14.1. The first kappa shape index (κ1) is 17.6. The molecule has 0 aromatic carbocycles. The van der Waals surface area contributed by atoms with E-state index in [1.165, 1.54) is 21.6 Å². The van der Waals surface area contributed by atoms with Crippen molar-refractivity contribution in [3.63, 3.8) is 0 Å². The molecule has 0 aromatic heterocycles. The Bertz CT molecular complexity index is 561. The minimum Gasteiger partial charge on any atom is -0.477 e. The molecule has 3 N–H and O–H groups in total. The topological polar surface area (TPSA) is 110 Å². The van der Waals surface area contributed by atoms with Gasteiger partial charge in [-0.1, -0.05) is 0 Å². The van der Waals surface area contributed by atoms with Gasteiger partial charge < -0.3 is 25.3 Å². The third kappa shape index (κ3) is 3.30. The molecule has 8 nitrogen and oxygen atoms in total. The summed E-state index contributed by atoms with van der Waals surface area (Å²) in [5, 5.41) is 21.7. The van der Waals surface area contributed by atoms with Crippen molar-refractivity contribution in [2.45, 2.75) is 25.5 Å². The minimum absolute atomic E-state index is 0.0147. The molecule has 1 fully saturated rings. The molecule has 0 radical (unpaired) electrons. The summed E-state index contributed by atoms with van der Waals surface area (Å²) in [5.41, 5.74) is 0.0147. The van der Waals surface area contributed by atoms with E-state index in [1.54, 1.807) is 21.0 Å². The number of aliphatic carboxylic acids is 1. The Balaban J connectivity index is 1.97. The van der Waals surface area contributed by atoms with Crippen LogP contribution < -0.4 is 5.32 Å². The Kier molecular flexibility index (Phi) is 5.20. The molecular formula is C14H21N3O5S. The van der Waals surface area contributed by atoms with E-state index in [0.29, 0.717) is 23.6 Å². The Morgan fingerprint density at radius 1 is 1.48 bits per heavy atom. The van der Waals surface area contributed by atoms with Crippen LogP contribution in [0.5, 0.6) is 0 Å². The van der Waals surface area contributed by atoms with Gasteiger partial charge in [0, 0.05) is 37.7 Å². The van der Waals surface area contributed by atoms with Gasteiger partial charge in [-0.15, -0.1) is 11.8 Å². The maximum Gasteiger partial charge on any atom is 0.353 e. The summed E-state index contributed by atoms with van der Waals surface area (Å²) >= 11 is 1.33. The molecule has 2 rings (SSSR count). The molecule has 2 heterocycles. The van der Waals surface area contributed by atoms with Gasteiger partial charge >= 0.3 is 12.0 Å². The number of nitrogens with zero attached hydrogens (tertiary/aromatic N) is 2. The number of carboxylic acid groups (broad SMARTS) is 1. The molecule has 3 atom stereocenters. The number of thioether (sulfide) groups is 1. The van der Waals surface area contributed by atoms with Gasteiger partial charge in [0.2, 0.25) is 5.91 Å². The number of aliphatic hydroxyl groups is 1. The molecule has 0 saturated carbocycles. The highest BCUT2D eigenvalue weighted by Crippen LogP contribution is 2.46. The SMILES string of the molecule is C[C@H](O)[C@H]1C(=O)N2C(C(=O)O)=C(SCCNC(=O)N(C)C)C[C@H]12. The lowest BCUT2D eigenvalue weighted by Crippen LogP contribution is -2.61. The van der Waals surface area contributed by atoms with Crippen LogP contribution in [0.2, 0.25) is 0 Å². The number of β-lactam (4-membered cyclic amide) rings is 1. The van der Waals surface area contributed by atoms with Crippen molar-refractivity contribution in [1.82, 2.24) is 15.1 Å². The summed E-state index contributed by atoms with van der Waals surface area (Å²) in [6, 6.07) is -0.481.